The van der Waals surface area contributed by atoms with E-state index in [4.69, 9.17) is 4.74 Å². The molecule has 2 rings (SSSR count). The average Bonchev–Trinajstić information content (AvgIpc) is 2.23. The van der Waals surface area contributed by atoms with Crippen LogP contribution in [0.5, 0.6) is 0 Å². The third-order valence-corrected chi connectivity index (χ3v) is 4.23. The van der Waals surface area contributed by atoms with E-state index in [1.807, 2.05) is 6.92 Å². The molecule has 102 valence electrons. The lowest BCUT2D eigenvalue weighted by Gasteiger charge is -2.47. The van der Waals surface area contributed by atoms with Crippen LogP contribution in [0, 0.1) is 17.3 Å². The van der Waals surface area contributed by atoms with Crippen molar-refractivity contribution in [2.45, 2.75) is 52.6 Å². The minimum Gasteiger partial charge on any atom is -0.378 e. The first-order chi connectivity index (χ1) is 8.43. The number of carbonyl (C=O) groups excluding carboxylic acids is 2. The number of amides is 2. The molecule has 0 saturated carbocycles. The summed E-state index contributed by atoms with van der Waals surface area (Å²) >= 11 is 0. The summed E-state index contributed by atoms with van der Waals surface area (Å²) in [5.74, 6) is 0.230. The number of imide groups is 1. The fraction of sp³-hybridized carbons (Fsp3) is 0.857. The van der Waals surface area contributed by atoms with Crippen molar-refractivity contribution in [3.05, 3.63) is 0 Å². The predicted octanol–water partition coefficient (Wildman–Crippen LogP) is 1.88. The first kappa shape index (κ1) is 13.5. The number of rotatable bonds is 2. The summed E-state index contributed by atoms with van der Waals surface area (Å²) in [6.07, 6.45) is 3.12. The molecule has 0 radical (unpaired) electrons. The lowest BCUT2D eigenvalue weighted by molar-refractivity contribution is -0.152. The summed E-state index contributed by atoms with van der Waals surface area (Å²) in [4.78, 5) is 23.9. The Morgan fingerprint density at radius 3 is 2.78 bits per heavy atom. The van der Waals surface area contributed by atoms with Gasteiger partial charge in [-0.05, 0) is 37.5 Å². The lowest BCUT2D eigenvalue weighted by Crippen LogP contribution is -2.55. The topological polar surface area (TPSA) is 55.4 Å². The molecule has 0 aliphatic carbocycles. The Labute approximate surface area is 108 Å². The molecule has 4 heteroatoms. The molecule has 2 fully saturated rings. The second-order valence-electron chi connectivity index (χ2n) is 6.27. The molecule has 1 spiro atoms. The third kappa shape index (κ3) is 2.58. The van der Waals surface area contributed by atoms with Gasteiger partial charge in [-0.3, -0.25) is 14.9 Å². The summed E-state index contributed by atoms with van der Waals surface area (Å²) in [6.45, 7) is 6.95. The second kappa shape index (κ2) is 5.00. The molecule has 2 amide bonds. The molecule has 2 heterocycles. The number of nitrogens with one attached hydrogen (secondary N) is 1. The van der Waals surface area contributed by atoms with Crippen LogP contribution in [0.1, 0.15) is 46.5 Å². The van der Waals surface area contributed by atoms with Crippen LogP contribution in [0.2, 0.25) is 0 Å². The Kier molecular flexibility index (Phi) is 3.76. The predicted molar refractivity (Wildman–Crippen MR) is 67.8 cm³/mol. The molecular formula is C14H23NO3. The molecule has 18 heavy (non-hydrogen) atoms. The maximum atomic E-state index is 12.1. The SMILES string of the molecule is CC(C)CC1C(=O)NC(=O)CC12CCOC(C)C2. The Morgan fingerprint density at radius 1 is 1.44 bits per heavy atom. The fourth-order valence-electron chi connectivity index (χ4n) is 3.49. The first-order valence-electron chi connectivity index (χ1n) is 6.88. The van der Waals surface area contributed by atoms with E-state index in [1.54, 1.807) is 0 Å². The molecule has 3 atom stereocenters. The number of carbonyl (C=O) groups is 2. The number of piperidine rings is 1. The quantitative estimate of drug-likeness (QED) is 0.764. The smallest absolute Gasteiger partial charge is 0.230 e. The Hall–Kier alpha value is -0.900. The van der Waals surface area contributed by atoms with Gasteiger partial charge < -0.3 is 4.74 Å². The maximum absolute atomic E-state index is 12.1. The van der Waals surface area contributed by atoms with Gasteiger partial charge in [0.1, 0.15) is 0 Å². The van der Waals surface area contributed by atoms with Crippen LogP contribution in [0.4, 0.5) is 0 Å². The first-order valence-corrected chi connectivity index (χ1v) is 6.88. The van der Waals surface area contributed by atoms with Gasteiger partial charge in [-0.2, -0.15) is 0 Å². The van der Waals surface area contributed by atoms with Gasteiger partial charge in [-0.1, -0.05) is 13.8 Å². The maximum Gasteiger partial charge on any atom is 0.230 e. The van der Waals surface area contributed by atoms with Gasteiger partial charge in [0.05, 0.1) is 6.10 Å². The fourth-order valence-corrected chi connectivity index (χ4v) is 3.49. The van der Waals surface area contributed by atoms with Gasteiger partial charge in [0.25, 0.3) is 0 Å². The number of hydrogen-bond donors (Lipinski definition) is 1. The normalized spacial score (nSPS) is 37.1. The summed E-state index contributed by atoms with van der Waals surface area (Å²) in [7, 11) is 0. The Morgan fingerprint density at radius 2 is 2.17 bits per heavy atom. The summed E-state index contributed by atoms with van der Waals surface area (Å²) in [5.41, 5.74) is -0.165. The molecule has 0 bridgehead atoms. The van der Waals surface area contributed by atoms with Gasteiger partial charge in [0.15, 0.2) is 0 Å². The highest BCUT2D eigenvalue weighted by molar-refractivity contribution is 5.99. The summed E-state index contributed by atoms with van der Waals surface area (Å²) in [6, 6.07) is 0. The van der Waals surface area contributed by atoms with E-state index in [1.165, 1.54) is 0 Å². The number of ether oxygens (including phenoxy) is 1. The minimum absolute atomic E-state index is 0.0402. The second-order valence-corrected chi connectivity index (χ2v) is 6.27. The van der Waals surface area contributed by atoms with Crippen LogP contribution in [0.25, 0.3) is 0 Å². The Bertz CT molecular complexity index is 353. The van der Waals surface area contributed by atoms with Crippen molar-refractivity contribution in [3.63, 3.8) is 0 Å². The van der Waals surface area contributed by atoms with Crippen LogP contribution in [-0.4, -0.2) is 24.5 Å². The van der Waals surface area contributed by atoms with Crippen LogP contribution >= 0.6 is 0 Å². The van der Waals surface area contributed by atoms with E-state index in [0.717, 1.165) is 19.3 Å². The molecule has 0 aromatic rings. The van der Waals surface area contributed by atoms with E-state index in [-0.39, 0.29) is 29.3 Å². The van der Waals surface area contributed by atoms with Crippen molar-refractivity contribution in [1.82, 2.24) is 5.32 Å². The van der Waals surface area contributed by atoms with Crippen molar-refractivity contribution < 1.29 is 14.3 Å². The van der Waals surface area contributed by atoms with Crippen molar-refractivity contribution in [2.75, 3.05) is 6.61 Å². The highest BCUT2D eigenvalue weighted by Crippen LogP contribution is 2.47. The van der Waals surface area contributed by atoms with Gasteiger partial charge in [-0.15, -0.1) is 0 Å². The molecule has 0 aromatic heterocycles. The standard InChI is InChI=1S/C14H23NO3/c1-9(2)6-11-13(17)15-12(16)8-14(11)4-5-18-10(3)7-14/h9-11H,4-8H2,1-3H3,(H,15,16,17). The Balaban J connectivity index is 2.25. The van der Waals surface area contributed by atoms with Crippen LogP contribution < -0.4 is 5.32 Å². The monoisotopic (exact) mass is 253 g/mol. The zero-order valence-electron chi connectivity index (χ0n) is 11.5. The van der Waals surface area contributed by atoms with Gasteiger partial charge >= 0.3 is 0 Å². The zero-order chi connectivity index (χ0) is 13.3. The van der Waals surface area contributed by atoms with Crippen molar-refractivity contribution in [2.24, 2.45) is 17.3 Å². The minimum atomic E-state index is -0.165. The molecule has 4 nitrogen and oxygen atoms in total. The van der Waals surface area contributed by atoms with Crippen molar-refractivity contribution in [1.29, 1.82) is 0 Å². The number of hydrogen-bond acceptors (Lipinski definition) is 3. The molecule has 2 aliphatic heterocycles. The molecule has 1 N–H and O–H groups in total. The average molecular weight is 253 g/mol. The molecule has 2 aliphatic rings. The van der Waals surface area contributed by atoms with Crippen LogP contribution in [0.15, 0.2) is 0 Å². The van der Waals surface area contributed by atoms with Crippen LogP contribution in [0.3, 0.4) is 0 Å². The largest absolute Gasteiger partial charge is 0.378 e. The van der Waals surface area contributed by atoms with E-state index >= 15 is 0 Å². The van der Waals surface area contributed by atoms with Crippen LogP contribution in [-0.2, 0) is 14.3 Å². The van der Waals surface area contributed by atoms with E-state index in [2.05, 4.69) is 19.2 Å². The molecule has 2 saturated heterocycles. The van der Waals surface area contributed by atoms with Gasteiger partial charge in [-0.25, -0.2) is 0 Å². The highest BCUT2D eigenvalue weighted by Gasteiger charge is 2.50. The zero-order valence-corrected chi connectivity index (χ0v) is 11.5. The molecule has 0 aromatic carbocycles. The summed E-state index contributed by atoms with van der Waals surface area (Å²) in [5, 5.41) is 2.50. The highest BCUT2D eigenvalue weighted by atomic mass is 16.5. The summed E-state index contributed by atoms with van der Waals surface area (Å²) < 4.78 is 5.59. The van der Waals surface area contributed by atoms with E-state index in [0.29, 0.717) is 18.9 Å². The molecule has 3 unspecified atom stereocenters. The lowest BCUT2D eigenvalue weighted by atomic mass is 9.62. The van der Waals surface area contributed by atoms with E-state index in [9.17, 15) is 9.59 Å². The molecular weight excluding hydrogens is 230 g/mol. The third-order valence-electron chi connectivity index (χ3n) is 4.23. The van der Waals surface area contributed by atoms with Gasteiger partial charge in [0.2, 0.25) is 11.8 Å². The van der Waals surface area contributed by atoms with E-state index < -0.39 is 0 Å². The van der Waals surface area contributed by atoms with Crippen molar-refractivity contribution >= 4 is 11.8 Å². The van der Waals surface area contributed by atoms with Gasteiger partial charge in [0, 0.05) is 18.9 Å². The van der Waals surface area contributed by atoms with Crippen molar-refractivity contribution in [3.8, 4) is 0 Å².